The number of carbonyl (C=O) groups excluding carboxylic acids is 1. The number of hydrogen-bond acceptors (Lipinski definition) is 3. The Kier molecular flexibility index (Phi) is 8.11. The molecule has 2 aromatic rings. The minimum Gasteiger partial charge on any atom is -0.348 e. The number of nitrogens with one attached hydrogen (secondary N) is 2. The third-order valence-electron chi connectivity index (χ3n) is 3.27. The van der Waals surface area contributed by atoms with Crippen molar-refractivity contribution in [2.75, 3.05) is 0 Å². The molecule has 1 amide bonds. The van der Waals surface area contributed by atoms with Crippen molar-refractivity contribution in [3.63, 3.8) is 0 Å². The Balaban J connectivity index is 0.00000220. The lowest BCUT2D eigenvalue weighted by atomic mass is 9.92. The van der Waals surface area contributed by atoms with Crippen molar-refractivity contribution in [2.24, 2.45) is 5.73 Å². The molecule has 1 heterocycles. The SMILES string of the molecule is Cc1[nH]cnc1CNC(=O)C(C)(N)c1ccc(Br)cc1.Cl.Cl. The number of aromatic amines is 1. The lowest BCUT2D eigenvalue weighted by molar-refractivity contribution is -0.126. The number of H-pyrrole nitrogens is 1. The van der Waals surface area contributed by atoms with E-state index in [1.165, 1.54) is 0 Å². The van der Waals surface area contributed by atoms with Crippen molar-refractivity contribution >= 4 is 46.7 Å². The molecular weight excluding hydrogens is 391 g/mol. The molecule has 1 unspecified atom stereocenters. The summed E-state index contributed by atoms with van der Waals surface area (Å²) >= 11 is 3.36. The van der Waals surface area contributed by atoms with Crippen molar-refractivity contribution in [2.45, 2.75) is 25.9 Å². The van der Waals surface area contributed by atoms with Crippen LogP contribution in [0.2, 0.25) is 0 Å². The van der Waals surface area contributed by atoms with Crippen LogP contribution in [0.5, 0.6) is 0 Å². The molecule has 4 N–H and O–H groups in total. The highest BCUT2D eigenvalue weighted by Gasteiger charge is 2.30. The van der Waals surface area contributed by atoms with E-state index in [-0.39, 0.29) is 30.7 Å². The number of nitrogens with two attached hydrogens (primary N) is 1. The van der Waals surface area contributed by atoms with Crippen molar-refractivity contribution in [1.82, 2.24) is 15.3 Å². The molecule has 1 atom stereocenters. The number of halogens is 3. The second-order valence-electron chi connectivity index (χ2n) is 4.87. The summed E-state index contributed by atoms with van der Waals surface area (Å²) in [6, 6.07) is 7.41. The first-order valence-corrected chi connectivity index (χ1v) is 7.02. The van der Waals surface area contributed by atoms with Gasteiger partial charge in [0.2, 0.25) is 5.91 Å². The van der Waals surface area contributed by atoms with Gasteiger partial charge in [0.05, 0.1) is 18.6 Å². The fourth-order valence-electron chi connectivity index (χ4n) is 1.84. The second-order valence-corrected chi connectivity index (χ2v) is 5.78. The maximum absolute atomic E-state index is 12.3. The summed E-state index contributed by atoms with van der Waals surface area (Å²) in [5, 5.41) is 2.82. The second kappa shape index (κ2) is 8.53. The molecule has 0 aliphatic heterocycles. The Morgan fingerprint density at radius 3 is 2.45 bits per heavy atom. The summed E-state index contributed by atoms with van der Waals surface area (Å²) in [6.07, 6.45) is 1.60. The van der Waals surface area contributed by atoms with E-state index < -0.39 is 5.54 Å². The number of rotatable bonds is 4. The number of carbonyl (C=O) groups is 1. The van der Waals surface area contributed by atoms with Crippen LogP contribution in [-0.2, 0) is 16.9 Å². The Bertz CT molecular complexity index is 614. The number of aryl methyl sites for hydroxylation is 1. The molecule has 1 aromatic carbocycles. The maximum atomic E-state index is 12.3. The van der Waals surface area contributed by atoms with Gasteiger partial charge in [0.15, 0.2) is 0 Å². The number of nitrogens with zero attached hydrogens (tertiary/aromatic N) is 1. The van der Waals surface area contributed by atoms with Gasteiger partial charge in [0.1, 0.15) is 5.54 Å². The minimum absolute atomic E-state index is 0. The van der Waals surface area contributed by atoms with E-state index in [0.717, 1.165) is 21.4 Å². The molecule has 0 fully saturated rings. The number of aromatic nitrogens is 2. The number of benzene rings is 1. The zero-order valence-electron chi connectivity index (χ0n) is 12.2. The molecule has 0 radical (unpaired) electrons. The first-order valence-electron chi connectivity index (χ1n) is 6.23. The van der Waals surface area contributed by atoms with E-state index in [1.807, 2.05) is 31.2 Å². The molecule has 0 saturated carbocycles. The van der Waals surface area contributed by atoms with Crippen LogP contribution in [0.15, 0.2) is 35.1 Å². The smallest absolute Gasteiger partial charge is 0.244 e. The zero-order valence-corrected chi connectivity index (χ0v) is 15.4. The van der Waals surface area contributed by atoms with Gasteiger partial charge >= 0.3 is 0 Å². The van der Waals surface area contributed by atoms with Crippen LogP contribution in [0.4, 0.5) is 0 Å². The lowest BCUT2D eigenvalue weighted by Crippen LogP contribution is -2.48. The van der Waals surface area contributed by atoms with Gasteiger partial charge in [-0.1, -0.05) is 28.1 Å². The molecule has 5 nitrogen and oxygen atoms in total. The highest BCUT2D eigenvalue weighted by atomic mass is 79.9. The van der Waals surface area contributed by atoms with Crippen molar-refractivity contribution in [3.8, 4) is 0 Å². The minimum atomic E-state index is -1.08. The van der Waals surface area contributed by atoms with E-state index in [2.05, 4.69) is 31.2 Å². The van der Waals surface area contributed by atoms with E-state index in [9.17, 15) is 4.79 Å². The van der Waals surface area contributed by atoms with Crippen molar-refractivity contribution in [1.29, 1.82) is 0 Å². The molecule has 1 aromatic heterocycles. The Hall–Kier alpha value is -1.08. The first-order chi connectivity index (χ1) is 9.41. The molecule has 0 aliphatic carbocycles. The Morgan fingerprint density at radius 1 is 1.36 bits per heavy atom. The molecule has 0 spiro atoms. The Morgan fingerprint density at radius 2 is 1.95 bits per heavy atom. The van der Waals surface area contributed by atoms with Crippen LogP contribution < -0.4 is 11.1 Å². The summed E-state index contributed by atoms with van der Waals surface area (Å²) in [7, 11) is 0. The quantitative estimate of drug-likeness (QED) is 0.725. The van der Waals surface area contributed by atoms with Crippen LogP contribution in [0.3, 0.4) is 0 Å². The summed E-state index contributed by atoms with van der Waals surface area (Å²) in [4.78, 5) is 19.4. The van der Waals surface area contributed by atoms with Gasteiger partial charge in [-0.05, 0) is 31.5 Å². The molecule has 122 valence electrons. The molecular formula is C14H19BrCl2N4O. The molecule has 0 saturated heterocycles. The zero-order chi connectivity index (χ0) is 14.8. The van der Waals surface area contributed by atoms with Crippen LogP contribution in [0.25, 0.3) is 0 Å². The third kappa shape index (κ3) is 4.71. The fraction of sp³-hybridized carbons (Fsp3) is 0.286. The van der Waals surface area contributed by atoms with Gasteiger partial charge in [-0.15, -0.1) is 24.8 Å². The number of imidazole rings is 1. The van der Waals surface area contributed by atoms with Gasteiger partial charge in [-0.25, -0.2) is 4.98 Å². The predicted molar refractivity (Wildman–Crippen MR) is 95.3 cm³/mol. The van der Waals surface area contributed by atoms with Crippen LogP contribution in [-0.4, -0.2) is 15.9 Å². The molecule has 2 rings (SSSR count). The van der Waals surface area contributed by atoms with Gasteiger partial charge < -0.3 is 16.0 Å². The van der Waals surface area contributed by atoms with Gasteiger partial charge in [0, 0.05) is 10.2 Å². The molecule has 8 heteroatoms. The highest BCUT2D eigenvalue weighted by molar-refractivity contribution is 9.10. The number of hydrogen-bond donors (Lipinski definition) is 3. The largest absolute Gasteiger partial charge is 0.348 e. The molecule has 22 heavy (non-hydrogen) atoms. The lowest BCUT2D eigenvalue weighted by Gasteiger charge is -2.24. The first kappa shape index (κ1) is 20.9. The molecule has 0 bridgehead atoms. The van der Waals surface area contributed by atoms with Crippen LogP contribution in [0.1, 0.15) is 23.9 Å². The van der Waals surface area contributed by atoms with Crippen molar-refractivity contribution in [3.05, 3.63) is 52.0 Å². The van der Waals surface area contributed by atoms with Gasteiger partial charge in [0.25, 0.3) is 0 Å². The fourth-order valence-corrected chi connectivity index (χ4v) is 2.10. The van der Waals surface area contributed by atoms with Crippen LogP contribution >= 0.6 is 40.7 Å². The Labute approximate surface area is 150 Å². The predicted octanol–water partition coefficient (Wildman–Crippen LogP) is 2.81. The maximum Gasteiger partial charge on any atom is 0.244 e. The van der Waals surface area contributed by atoms with E-state index in [4.69, 9.17) is 5.73 Å². The molecule has 0 aliphatic rings. The summed E-state index contributed by atoms with van der Waals surface area (Å²) in [5.74, 6) is -0.234. The number of amides is 1. The van der Waals surface area contributed by atoms with Gasteiger partial charge in [-0.2, -0.15) is 0 Å². The topological polar surface area (TPSA) is 83.8 Å². The normalized spacial score (nSPS) is 12.5. The van der Waals surface area contributed by atoms with Gasteiger partial charge in [-0.3, -0.25) is 4.79 Å². The highest BCUT2D eigenvalue weighted by Crippen LogP contribution is 2.20. The average Bonchev–Trinajstić information content (AvgIpc) is 2.82. The van der Waals surface area contributed by atoms with E-state index in [1.54, 1.807) is 13.3 Å². The summed E-state index contributed by atoms with van der Waals surface area (Å²) in [5.41, 5.74) is 7.58. The third-order valence-corrected chi connectivity index (χ3v) is 3.79. The average molecular weight is 410 g/mol. The monoisotopic (exact) mass is 408 g/mol. The summed E-state index contributed by atoms with van der Waals surface area (Å²) < 4.78 is 0.949. The van der Waals surface area contributed by atoms with E-state index in [0.29, 0.717) is 6.54 Å². The standard InChI is InChI=1S/C14H17BrN4O.2ClH/c1-9-12(19-8-18-9)7-17-13(20)14(2,16)10-3-5-11(15)6-4-10;;/h3-6,8H,7,16H2,1-2H3,(H,17,20)(H,18,19);2*1H. The van der Waals surface area contributed by atoms with Crippen LogP contribution in [0, 0.1) is 6.92 Å². The van der Waals surface area contributed by atoms with Crippen molar-refractivity contribution < 1.29 is 4.79 Å². The summed E-state index contributed by atoms with van der Waals surface area (Å²) in [6.45, 7) is 3.96. The van der Waals surface area contributed by atoms with E-state index >= 15 is 0 Å².